The molecule has 0 saturated heterocycles. The lowest BCUT2D eigenvalue weighted by molar-refractivity contribution is -0.122. The van der Waals surface area contributed by atoms with Gasteiger partial charge in [-0.25, -0.2) is 4.68 Å². The molecule has 0 unspecified atom stereocenters. The van der Waals surface area contributed by atoms with Gasteiger partial charge in [-0.3, -0.25) is 9.78 Å². The van der Waals surface area contributed by atoms with E-state index in [1.807, 2.05) is 53.3 Å². The van der Waals surface area contributed by atoms with Gasteiger partial charge in [-0.2, -0.15) is 5.10 Å². The zero-order valence-corrected chi connectivity index (χ0v) is 14.3. The highest BCUT2D eigenvalue weighted by molar-refractivity contribution is 5.83. The number of benzene rings is 1. The molecule has 0 radical (unpaired) electrons. The second-order valence-corrected chi connectivity index (χ2v) is 7.24. The molecule has 0 bridgehead atoms. The van der Waals surface area contributed by atoms with E-state index in [0.717, 1.165) is 18.5 Å². The highest BCUT2D eigenvalue weighted by Crippen LogP contribution is 2.48. The Hall–Kier alpha value is -2.95. The summed E-state index contributed by atoms with van der Waals surface area (Å²) in [6.45, 7) is 0. The van der Waals surface area contributed by atoms with Crippen LogP contribution >= 0.6 is 0 Å². The molecule has 1 aromatic carbocycles. The fraction of sp³-hybridized carbons (Fsp3) is 0.286. The van der Waals surface area contributed by atoms with Crippen LogP contribution in [0, 0.1) is 5.92 Å². The first-order chi connectivity index (χ1) is 12.8. The minimum Gasteiger partial charge on any atom is -0.352 e. The van der Waals surface area contributed by atoms with Crippen molar-refractivity contribution >= 4 is 5.91 Å². The van der Waals surface area contributed by atoms with E-state index in [9.17, 15) is 4.79 Å². The van der Waals surface area contributed by atoms with Crippen LogP contribution < -0.4 is 5.32 Å². The molecule has 0 spiro atoms. The van der Waals surface area contributed by atoms with Crippen molar-refractivity contribution in [2.24, 2.45) is 5.92 Å². The second-order valence-electron chi connectivity index (χ2n) is 7.24. The number of carbonyl (C=O) groups excluding carboxylic acids is 1. The average Bonchev–Trinajstić information content (AvgIpc) is 3.60. The van der Waals surface area contributed by atoms with Crippen LogP contribution in [0.15, 0.2) is 67.3 Å². The maximum absolute atomic E-state index is 12.5. The SMILES string of the molecule is O=C(N[C@@H]1C[C@H]1c1cnn(-c2ccccc2)c1)[C@@H]1C[C@H]1c1ccncc1. The normalized spacial score (nSPS) is 26.3. The van der Waals surface area contributed by atoms with E-state index in [1.165, 1.54) is 11.1 Å². The van der Waals surface area contributed by atoms with E-state index in [4.69, 9.17) is 0 Å². The van der Waals surface area contributed by atoms with Crippen molar-refractivity contribution in [3.63, 3.8) is 0 Å². The van der Waals surface area contributed by atoms with E-state index >= 15 is 0 Å². The van der Waals surface area contributed by atoms with Gasteiger partial charge >= 0.3 is 0 Å². The van der Waals surface area contributed by atoms with E-state index < -0.39 is 0 Å². The van der Waals surface area contributed by atoms with E-state index in [0.29, 0.717) is 11.8 Å². The Morgan fingerprint density at radius 2 is 1.81 bits per heavy atom. The molecule has 5 nitrogen and oxygen atoms in total. The highest BCUT2D eigenvalue weighted by atomic mass is 16.2. The third-order valence-electron chi connectivity index (χ3n) is 5.43. The van der Waals surface area contributed by atoms with Crippen LogP contribution in [-0.2, 0) is 4.79 Å². The minimum atomic E-state index is 0.116. The van der Waals surface area contributed by atoms with Gasteiger partial charge in [0, 0.05) is 36.5 Å². The molecule has 2 heterocycles. The largest absolute Gasteiger partial charge is 0.352 e. The van der Waals surface area contributed by atoms with Crippen molar-refractivity contribution in [1.82, 2.24) is 20.1 Å². The second kappa shape index (κ2) is 6.09. The Morgan fingerprint density at radius 1 is 1.00 bits per heavy atom. The summed E-state index contributed by atoms with van der Waals surface area (Å²) in [5, 5.41) is 7.68. The zero-order valence-electron chi connectivity index (χ0n) is 14.3. The molecular weight excluding hydrogens is 324 g/mol. The van der Waals surface area contributed by atoms with Crippen molar-refractivity contribution in [3.8, 4) is 5.69 Å². The molecule has 130 valence electrons. The topological polar surface area (TPSA) is 59.8 Å². The third-order valence-corrected chi connectivity index (χ3v) is 5.43. The first-order valence-corrected chi connectivity index (χ1v) is 9.10. The molecule has 0 aliphatic heterocycles. The van der Waals surface area contributed by atoms with Crippen LogP contribution in [0.1, 0.15) is 35.8 Å². The maximum atomic E-state index is 12.5. The van der Waals surface area contributed by atoms with Crippen molar-refractivity contribution in [3.05, 3.63) is 78.4 Å². The standard InChI is InChI=1S/C21H20N4O/c26-21(19-10-17(19)14-6-8-22-9-7-14)24-20-11-18(20)15-12-23-25(13-15)16-4-2-1-3-5-16/h1-9,12-13,17-20H,10-11H2,(H,24,26)/t17-,18-,19+,20+/m0/s1. The molecule has 1 amide bonds. The van der Waals surface area contributed by atoms with Gasteiger partial charge < -0.3 is 5.32 Å². The first kappa shape index (κ1) is 15.3. The van der Waals surface area contributed by atoms with Gasteiger partial charge in [-0.05, 0) is 54.2 Å². The number of amides is 1. The average molecular weight is 344 g/mol. The smallest absolute Gasteiger partial charge is 0.223 e. The van der Waals surface area contributed by atoms with Crippen LogP contribution in [0.3, 0.4) is 0 Å². The van der Waals surface area contributed by atoms with Gasteiger partial charge in [-0.15, -0.1) is 0 Å². The molecule has 5 heteroatoms. The molecule has 2 saturated carbocycles. The van der Waals surface area contributed by atoms with Gasteiger partial charge in [0.25, 0.3) is 0 Å². The van der Waals surface area contributed by atoms with Gasteiger partial charge in [0.15, 0.2) is 0 Å². The molecule has 4 atom stereocenters. The monoisotopic (exact) mass is 344 g/mol. The van der Waals surface area contributed by atoms with Gasteiger partial charge in [0.2, 0.25) is 5.91 Å². The van der Waals surface area contributed by atoms with Crippen LogP contribution in [0.5, 0.6) is 0 Å². The summed E-state index contributed by atoms with van der Waals surface area (Å²) in [7, 11) is 0. The summed E-state index contributed by atoms with van der Waals surface area (Å²) >= 11 is 0. The number of hydrogen-bond acceptors (Lipinski definition) is 3. The van der Waals surface area contributed by atoms with Crippen molar-refractivity contribution in [2.75, 3.05) is 0 Å². The Bertz CT molecular complexity index is 921. The molecule has 1 N–H and O–H groups in total. The third kappa shape index (κ3) is 2.90. The van der Waals surface area contributed by atoms with Crippen molar-refractivity contribution in [2.45, 2.75) is 30.7 Å². The summed E-state index contributed by atoms with van der Waals surface area (Å²) in [5.74, 6) is 1.05. The number of carbonyl (C=O) groups is 1. The Labute approximate surface area is 152 Å². The molecule has 2 aliphatic carbocycles. The van der Waals surface area contributed by atoms with Crippen LogP contribution in [-0.4, -0.2) is 26.7 Å². The number of hydrogen-bond donors (Lipinski definition) is 1. The number of aromatic nitrogens is 3. The molecule has 2 fully saturated rings. The van der Waals surface area contributed by atoms with Crippen LogP contribution in [0.2, 0.25) is 0 Å². The predicted molar refractivity (Wildman–Crippen MR) is 97.9 cm³/mol. The molecule has 2 aromatic heterocycles. The summed E-state index contributed by atoms with van der Waals surface area (Å²) in [5.41, 5.74) is 3.47. The van der Waals surface area contributed by atoms with Gasteiger partial charge in [0.05, 0.1) is 11.9 Å². The predicted octanol–water partition coefficient (Wildman–Crippen LogP) is 3.04. The molecule has 2 aliphatic rings. The summed E-state index contributed by atoms with van der Waals surface area (Å²) < 4.78 is 1.90. The fourth-order valence-electron chi connectivity index (χ4n) is 3.73. The summed E-state index contributed by atoms with van der Waals surface area (Å²) in [6, 6.07) is 14.3. The lowest BCUT2D eigenvalue weighted by Gasteiger charge is -2.04. The number of pyridine rings is 1. The number of para-hydroxylation sites is 1. The van der Waals surface area contributed by atoms with Gasteiger partial charge in [0.1, 0.15) is 0 Å². The maximum Gasteiger partial charge on any atom is 0.223 e. The number of rotatable bonds is 5. The lowest BCUT2D eigenvalue weighted by atomic mass is 10.1. The Morgan fingerprint density at radius 3 is 2.62 bits per heavy atom. The van der Waals surface area contributed by atoms with E-state index in [1.54, 1.807) is 12.4 Å². The molecule has 5 rings (SSSR count). The first-order valence-electron chi connectivity index (χ1n) is 9.10. The Balaban J connectivity index is 1.19. The minimum absolute atomic E-state index is 0.116. The highest BCUT2D eigenvalue weighted by Gasteiger charge is 2.47. The fourth-order valence-corrected chi connectivity index (χ4v) is 3.73. The zero-order chi connectivity index (χ0) is 17.5. The summed E-state index contributed by atoms with van der Waals surface area (Å²) in [6.07, 6.45) is 9.52. The molecule has 26 heavy (non-hydrogen) atoms. The van der Waals surface area contributed by atoms with Crippen LogP contribution in [0.4, 0.5) is 0 Å². The quantitative estimate of drug-likeness (QED) is 0.774. The Kier molecular flexibility index (Phi) is 3.59. The number of nitrogens with zero attached hydrogens (tertiary/aromatic N) is 3. The van der Waals surface area contributed by atoms with Crippen molar-refractivity contribution in [1.29, 1.82) is 0 Å². The number of nitrogens with one attached hydrogen (secondary N) is 1. The lowest BCUT2D eigenvalue weighted by Crippen LogP contribution is -2.28. The van der Waals surface area contributed by atoms with Gasteiger partial charge in [-0.1, -0.05) is 18.2 Å². The molecular formula is C21H20N4O. The van der Waals surface area contributed by atoms with Crippen LogP contribution in [0.25, 0.3) is 5.69 Å². The summed E-state index contributed by atoms with van der Waals surface area (Å²) in [4.78, 5) is 16.5. The van der Waals surface area contributed by atoms with Crippen molar-refractivity contribution < 1.29 is 4.79 Å². The molecule has 3 aromatic rings. The van der Waals surface area contributed by atoms with E-state index in [-0.39, 0.29) is 17.9 Å². The van der Waals surface area contributed by atoms with E-state index in [2.05, 4.69) is 21.6 Å².